The molecular weight excluding hydrogens is 496 g/mol. The van der Waals surface area contributed by atoms with Crippen molar-refractivity contribution in [2.45, 2.75) is 12.5 Å². The van der Waals surface area contributed by atoms with Crippen molar-refractivity contribution in [1.82, 2.24) is 4.98 Å². The molecular formula is C30H20N4O3S. The molecule has 1 unspecified atom stereocenters. The van der Waals surface area contributed by atoms with Crippen molar-refractivity contribution in [2.75, 3.05) is 5.01 Å². The third-order valence-corrected chi connectivity index (χ3v) is 7.40. The predicted octanol–water partition coefficient (Wildman–Crippen LogP) is 6.90. The van der Waals surface area contributed by atoms with E-state index in [2.05, 4.69) is 17.1 Å². The molecule has 0 saturated heterocycles. The summed E-state index contributed by atoms with van der Waals surface area (Å²) in [5.41, 5.74) is 5.13. The van der Waals surface area contributed by atoms with Gasteiger partial charge < -0.3 is 9.52 Å². The number of nitriles is 1. The summed E-state index contributed by atoms with van der Waals surface area (Å²) >= 11 is 1.42. The van der Waals surface area contributed by atoms with E-state index < -0.39 is 5.97 Å². The molecule has 7 nitrogen and oxygen atoms in total. The van der Waals surface area contributed by atoms with Crippen LogP contribution in [-0.4, -0.2) is 21.8 Å². The molecule has 1 aliphatic rings. The highest BCUT2D eigenvalue weighted by atomic mass is 32.1. The average molecular weight is 517 g/mol. The Morgan fingerprint density at radius 3 is 2.53 bits per heavy atom. The van der Waals surface area contributed by atoms with Gasteiger partial charge in [-0.25, -0.2) is 9.78 Å². The Bertz CT molecular complexity index is 1710. The molecule has 6 rings (SSSR count). The average Bonchev–Trinajstić information content (AvgIpc) is 3.70. The van der Waals surface area contributed by atoms with Crippen LogP contribution in [-0.2, 0) is 4.79 Å². The fourth-order valence-electron chi connectivity index (χ4n) is 4.45. The Hall–Kier alpha value is -5.00. The van der Waals surface area contributed by atoms with Crippen LogP contribution in [0.3, 0.4) is 0 Å². The van der Waals surface area contributed by atoms with E-state index in [1.54, 1.807) is 6.07 Å². The molecule has 38 heavy (non-hydrogen) atoms. The molecule has 0 radical (unpaired) electrons. The summed E-state index contributed by atoms with van der Waals surface area (Å²) in [5, 5.41) is 25.3. The van der Waals surface area contributed by atoms with Crippen molar-refractivity contribution < 1.29 is 14.3 Å². The molecule has 1 aliphatic heterocycles. The number of carbonyl (C=O) groups is 1. The number of carboxylic acid groups (broad SMARTS) is 1. The number of hydrazone groups is 1. The number of aliphatic carboxylic acids is 1. The SMILES string of the molecule is N#C/C(=C\c1ccc(C2=NN(c3ccc(-c4nc5ccccc5o4)cc3)C(c3ccccc3)C2)s1)C(=O)O. The number of hydrogen-bond donors (Lipinski definition) is 1. The highest BCUT2D eigenvalue weighted by Gasteiger charge is 2.30. The highest BCUT2D eigenvalue weighted by molar-refractivity contribution is 7.15. The van der Waals surface area contributed by atoms with Crippen LogP contribution >= 0.6 is 11.3 Å². The molecule has 8 heteroatoms. The summed E-state index contributed by atoms with van der Waals surface area (Å²) in [6.07, 6.45) is 2.08. The molecule has 3 heterocycles. The van der Waals surface area contributed by atoms with E-state index in [0.717, 1.165) is 38.5 Å². The van der Waals surface area contributed by atoms with Crippen molar-refractivity contribution in [3.05, 3.63) is 112 Å². The fraction of sp³-hybridized carbons (Fsp3) is 0.0667. The van der Waals surface area contributed by atoms with Crippen LogP contribution in [0.5, 0.6) is 0 Å². The van der Waals surface area contributed by atoms with Crippen molar-refractivity contribution in [1.29, 1.82) is 5.26 Å². The van der Waals surface area contributed by atoms with Gasteiger partial charge in [0.1, 0.15) is 17.2 Å². The Morgan fingerprint density at radius 1 is 1.03 bits per heavy atom. The second-order valence-electron chi connectivity index (χ2n) is 8.73. The van der Waals surface area contributed by atoms with Crippen LogP contribution in [0.25, 0.3) is 28.6 Å². The van der Waals surface area contributed by atoms with Gasteiger partial charge in [-0.15, -0.1) is 11.3 Å². The number of carboxylic acids is 1. The van der Waals surface area contributed by atoms with Gasteiger partial charge in [-0.2, -0.15) is 10.4 Å². The molecule has 0 bridgehead atoms. The van der Waals surface area contributed by atoms with Gasteiger partial charge in [0.2, 0.25) is 5.89 Å². The minimum absolute atomic E-state index is 0.00356. The summed E-state index contributed by atoms with van der Waals surface area (Å²) in [7, 11) is 0. The molecule has 0 amide bonds. The molecule has 1 N–H and O–H groups in total. The van der Waals surface area contributed by atoms with Crippen LogP contribution < -0.4 is 5.01 Å². The normalized spacial score (nSPS) is 15.4. The number of rotatable bonds is 6. The molecule has 0 fully saturated rings. The van der Waals surface area contributed by atoms with Gasteiger partial charge in [0.05, 0.1) is 22.3 Å². The number of thiophene rings is 1. The Kier molecular flexibility index (Phi) is 6.04. The molecule has 0 saturated carbocycles. The van der Waals surface area contributed by atoms with E-state index in [-0.39, 0.29) is 11.6 Å². The molecule has 5 aromatic rings. The molecule has 2 aromatic heterocycles. The van der Waals surface area contributed by atoms with E-state index in [1.165, 1.54) is 17.4 Å². The van der Waals surface area contributed by atoms with Crippen molar-refractivity contribution in [2.24, 2.45) is 5.10 Å². The second-order valence-corrected chi connectivity index (χ2v) is 9.85. The van der Waals surface area contributed by atoms with Crippen molar-refractivity contribution >= 4 is 45.9 Å². The topological polar surface area (TPSA) is 103 Å². The number of nitrogens with zero attached hydrogens (tertiary/aromatic N) is 4. The molecule has 0 spiro atoms. The van der Waals surface area contributed by atoms with Crippen LogP contribution in [0.4, 0.5) is 5.69 Å². The van der Waals surface area contributed by atoms with E-state index >= 15 is 0 Å². The van der Waals surface area contributed by atoms with E-state index in [9.17, 15) is 9.90 Å². The van der Waals surface area contributed by atoms with Crippen molar-refractivity contribution in [3.63, 3.8) is 0 Å². The third kappa shape index (κ3) is 4.47. The standard InChI is InChI=1S/C30H20N4O3S/c31-18-21(30(35)36)16-23-14-15-28(38-23)25-17-26(19-6-2-1-3-7-19)34(33-25)22-12-10-20(11-13-22)29-32-24-8-4-5-9-27(24)37-29/h1-16,26H,17H2,(H,35,36)/b21-16+. The Morgan fingerprint density at radius 2 is 1.79 bits per heavy atom. The van der Waals surface area contributed by atoms with Gasteiger partial charge >= 0.3 is 5.97 Å². The first-order valence-electron chi connectivity index (χ1n) is 11.9. The lowest BCUT2D eigenvalue weighted by molar-refractivity contribution is -0.132. The number of benzene rings is 3. The molecule has 1 atom stereocenters. The third-order valence-electron chi connectivity index (χ3n) is 6.32. The number of oxazole rings is 1. The van der Waals surface area contributed by atoms with E-state index in [1.807, 2.05) is 83.9 Å². The smallest absolute Gasteiger partial charge is 0.346 e. The summed E-state index contributed by atoms with van der Waals surface area (Å²) in [4.78, 5) is 17.5. The number of para-hydroxylation sites is 2. The fourth-order valence-corrected chi connectivity index (χ4v) is 5.40. The zero-order valence-electron chi connectivity index (χ0n) is 20.0. The first kappa shape index (κ1) is 23.4. The van der Waals surface area contributed by atoms with Gasteiger partial charge in [-0.1, -0.05) is 42.5 Å². The van der Waals surface area contributed by atoms with Gasteiger partial charge in [0.25, 0.3) is 0 Å². The van der Waals surface area contributed by atoms with Gasteiger partial charge in [-0.05, 0) is 60.2 Å². The Labute approximate surface area is 222 Å². The summed E-state index contributed by atoms with van der Waals surface area (Å²) in [5.74, 6) is -0.669. The number of fused-ring (bicyclic) bond motifs is 1. The maximum Gasteiger partial charge on any atom is 0.346 e. The number of aromatic nitrogens is 1. The minimum Gasteiger partial charge on any atom is -0.477 e. The molecule has 0 aliphatic carbocycles. The Balaban J connectivity index is 1.33. The molecule has 184 valence electrons. The minimum atomic E-state index is -1.24. The van der Waals surface area contributed by atoms with Gasteiger partial charge in [0.15, 0.2) is 5.58 Å². The van der Waals surface area contributed by atoms with E-state index in [4.69, 9.17) is 14.8 Å². The lowest BCUT2D eigenvalue weighted by Gasteiger charge is -2.24. The van der Waals surface area contributed by atoms with Gasteiger partial charge in [-0.3, -0.25) is 5.01 Å². The molecule has 3 aromatic carbocycles. The van der Waals surface area contributed by atoms with Crippen LogP contribution in [0.1, 0.15) is 27.8 Å². The summed E-state index contributed by atoms with van der Waals surface area (Å²) < 4.78 is 5.92. The predicted molar refractivity (Wildman–Crippen MR) is 148 cm³/mol. The second kappa shape index (κ2) is 9.81. The number of hydrogen-bond acceptors (Lipinski definition) is 7. The number of anilines is 1. The first-order valence-corrected chi connectivity index (χ1v) is 12.7. The lowest BCUT2D eigenvalue weighted by atomic mass is 10.0. The van der Waals surface area contributed by atoms with Crippen LogP contribution in [0, 0.1) is 11.3 Å². The largest absolute Gasteiger partial charge is 0.477 e. The summed E-state index contributed by atoms with van der Waals surface area (Å²) in [6, 6.07) is 31.4. The van der Waals surface area contributed by atoms with E-state index in [0.29, 0.717) is 17.2 Å². The highest BCUT2D eigenvalue weighted by Crippen LogP contribution is 2.38. The van der Waals surface area contributed by atoms with Crippen LogP contribution in [0.15, 0.2) is 106 Å². The van der Waals surface area contributed by atoms with Crippen LogP contribution in [0.2, 0.25) is 0 Å². The first-order chi connectivity index (χ1) is 18.6. The zero-order chi connectivity index (χ0) is 26.1. The maximum atomic E-state index is 11.2. The zero-order valence-corrected chi connectivity index (χ0v) is 20.8. The monoisotopic (exact) mass is 516 g/mol. The maximum absolute atomic E-state index is 11.2. The quantitative estimate of drug-likeness (QED) is 0.194. The van der Waals surface area contributed by atoms with Crippen molar-refractivity contribution in [3.8, 4) is 17.5 Å². The lowest BCUT2D eigenvalue weighted by Crippen LogP contribution is -2.18. The van der Waals surface area contributed by atoms with Gasteiger partial charge in [0, 0.05) is 16.9 Å². The summed E-state index contributed by atoms with van der Waals surface area (Å²) in [6.45, 7) is 0.